The van der Waals surface area contributed by atoms with Crippen LogP contribution < -0.4 is 16.6 Å². The summed E-state index contributed by atoms with van der Waals surface area (Å²) in [4.78, 5) is 38.3. The van der Waals surface area contributed by atoms with E-state index >= 15 is 0 Å². The van der Waals surface area contributed by atoms with Crippen molar-refractivity contribution in [1.82, 2.24) is 14.5 Å². The van der Waals surface area contributed by atoms with Crippen LogP contribution in [-0.4, -0.2) is 15.0 Å². The Morgan fingerprint density at radius 1 is 1.13 bits per heavy atom. The van der Waals surface area contributed by atoms with E-state index in [1.165, 1.54) is 27.3 Å². The van der Waals surface area contributed by atoms with Gasteiger partial charge in [0.15, 0.2) is 0 Å². The SMILES string of the molecule is CC(C)CCn1c(=O)c2ccccc2n(CC(=O)NCc2ccc(F)c(Cl)c2)c1=O. The molecule has 1 N–H and O–H groups in total. The summed E-state index contributed by atoms with van der Waals surface area (Å²) in [5.41, 5.74) is 0.176. The Bertz CT molecular complexity index is 1200. The molecule has 0 spiro atoms. The first-order valence-corrected chi connectivity index (χ1v) is 10.1. The van der Waals surface area contributed by atoms with Crippen LogP contribution >= 0.6 is 11.6 Å². The van der Waals surface area contributed by atoms with Crippen molar-refractivity contribution in [1.29, 1.82) is 0 Å². The van der Waals surface area contributed by atoms with Crippen LogP contribution in [0, 0.1) is 11.7 Å². The average molecular weight is 432 g/mol. The minimum absolute atomic E-state index is 0.0267. The molecule has 2 aromatic carbocycles. The summed E-state index contributed by atoms with van der Waals surface area (Å²) in [5, 5.41) is 3.06. The molecular formula is C22H23ClFN3O3. The lowest BCUT2D eigenvalue weighted by Gasteiger charge is -2.15. The molecule has 3 aromatic rings. The van der Waals surface area contributed by atoms with Crippen LogP contribution in [0.5, 0.6) is 0 Å². The second-order valence-electron chi connectivity index (χ2n) is 7.55. The van der Waals surface area contributed by atoms with E-state index in [9.17, 15) is 18.8 Å². The quantitative estimate of drug-likeness (QED) is 0.623. The van der Waals surface area contributed by atoms with Gasteiger partial charge in [0, 0.05) is 13.1 Å². The number of nitrogens with one attached hydrogen (secondary N) is 1. The van der Waals surface area contributed by atoms with Crippen LogP contribution in [-0.2, 0) is 24.4 Å². The number of carbonyl (C=O) groups excluding carboxylic acids is 1. The van der Waals surface area contributed by atoms with E-state index in [1.807, 2.05) is 13.8 Å². The molecule has 1 heterocycles. The largest absolute Gasteiger partial charge is 0.350 e. The molecule has 158 valence electrons. The van der Waals surface area contributed by atoms with Crippen LogP contribution in [0.15, 0.2) is 52.1 Å². The molecule has 6 nitrogen and oxygen atoms in total. The van der Waals surface area contributed by atoms with Gasteiger partial charge in [-0.25, -0.2) is 9.18 Å². The number of rotatable bonds is 7. The molecule has 0 aliphatic rings. The molecule has 0 bridgehead atoms. The smallest absolute Gasteiger partial charge is 0.331 e. The maximum atomic E-state index is 13.3. The van der Waals surface area contributed by atoms with Gasteiger partial charge in [0.25, 0.3) is 5.56 Å². The standard InChI is InChI=1S/C22H23ClFN3O3/c1-14(2)9-10-26-21(29)16-5-3-4-6-19(16)27(22(26)30)13-20(28)25-12-15-7-8-18(24)17(23)11-15/h3-8,11,14H,9-10,12-13H2,1-2H3,(H,25,28). The minimum Gasteiger partial charge on any atom is -0.350 e. The molecule has 1 amide bonds. The van der Waals surface area contributed by atoms with Gasteiger partial charge >= 0.3 is 5.69 Å². The number of hydrogen-bond donors (Lipinski definition) is 1. The van der Waals surface area contributed by atoms with Gasteiger partial charge in [0.2, 0.25) is 5.91 Å². The van der Waals surface area contributed by atoms with Crippen molar-refractivity contribution >= 4 is 28.4 Å². The number of para-hydroxylation sites is 1. The first-order valence-electron chi connectivity index (χ1n) is 9.71. The lowest BCUT2D eigenvalue weighted by Crippen LogP contribution is -2.42. The normalized spacial score (nSPS) is 11.2. The van der Waals surface area contributed by atoms with Crippen LogP contribution in [0.3, 0.4) is 0 Å². The molecule has 3 rings (SSSR count). The predicted octanol–water partition coefficient (Wildman–Crippen LogP) is 3.32. The predicted molar refractivity (Wildman–Crippen MR) is 115 cm³/mol. The van der Waals surface area contributed by atoms with E-state index in [4.69, 9.17) is 11.6 Å². The Kier molecular flexibility index (Phi) is 6.72. The third-order valence-corrected chi connectivity index (χ3v) is 5.13. The van der Waals surface area contributed by atoms with E-state index in [1.54, 1.807) is 24.3 Å². The van der Waals surface area contributed by atoms with Crippen LogP contribution in [0.25, 0.3) is 10.9 Å². The highest BCUT2D eigenvalue weighted by atomic mass is 35.5. The lowest BCUT2D eigenvalue weighted by atomic mass is 10.1. The zero-order valence-corrected chi connectivity index (χ0v) is 17.6. The molecule has 1 aromatic heterocycles. The first-order chi connectivity index (χ1) is 14.3. The van der Waals surface area contributed by atoms with Crippen LogP contribution in [0.4, 0.5) is 4.39 Å². The molecule has 0 fully saturated rings. The summed E-state index contributed by atoms with van der Waals surface area (Å²) >= 11 is 5.76. The number of benzene rings is 2. The number of hydrogen-bond acceptors (Lipinski definition) is 3. The fourth-order valence-electron chi connectivity index (χ4n) is 3.16. The molecule has 0 atom stereocenters. The van der Waals surface area contributed by atoms with Crippen LogP contribution in [0.1, 0.15) is 25.8 Å². The number of carbonyl (C=O) groups is 1. The number of nitrogens with zero attached hydrogens (tertiary/aromatic N) is 2. The molecule has 8 heteroatoms. The maximum Gasteiger partial charge on any atom is 0.331 e. The summed E-state index contributed by atoms with van der Waals surface area (Å²) in [6.45, 7) is 4.21. The Hall–Kier alpha value is -2.93. The highest BCUT2D eigenvalue weighted by Crippen LogP contribution is 2.16. The summed E-state index contributed by atoms with van der Waals surface area (Å²) in [7, 11) is 0. The Labute approximate surface area is 177 Å². The van der Waals surface area contributed by atoms with Gasteiger partial charge in [-0.15, -0.1) is 0 Å². The van der Waals surface area contributed by atoms with Crippen molar-refractivity contribution in [2.75, 3.05) is 0 Å². The van der Waals surface area contributed by atoms with Crippen molar-refractivity contribution in [2.45, 2.75) is 39.9 Å². The molecular weight excluding hydrogens is 409 g/mol. The van der Waals surface area contributed by atoms with Gasteiger partial charge in [0.05, 0.1) is 15.9 Å². The van der Waals surface area contributed by atoms with Crippen molar-refractivity contribution in [3.05, 3.63) is 79.7 Å². The maximum absolute atomic E-state index is 13.3. The van der Waals surface area contributed by atoms with Crippen LogP contribution in [0.2, 0.25) is 5.02 Å². The van der Waals surface area contributed by atoms with Gasteiger partial charge in [-0.3, -0.25) is 18.7 Å². The third kappa shape index (κ3) is 4.79. The van der Waals surface area contributed by atoms with E-state index in [-0.39, 0.29) is 30.2 Å². The second kappa shape index (κ2) is 9.26. The number of aromatic nitrogens is 2. The van der Waals surface area contributed by atoms with Gasteiger partial charge in [-0.1, -0.05) is 43.6 Å². The Morgan fingerprint density at radius 2 is 1.87 bits per heavy atom. The van der Waals surface area contributed by atoms with E-state index in [0.29, 0.717) is 28.8 Å². The summed E-state index contributed by atoms with van der Waals surface area (Å²) in [6, 6.07) is 10.9. The highest BCUT2D eigenvalue weighted by Gasteiger charge is 2.15. The van der Waals surface area contributed by atoms with E-state index in [0.717, 1.165) is 0 Å². The van der Waals surface area contributed by atoms with Crippen molar-refractivity contribution < 1.29 is 9.18 Å². The lowest BCUT2D eigenvalue weighted by molar-refractivity contribution is -0.121. The van der Waals surface area contributed by atoms with Crippen molar-refractivity contribution in [2.24, 2.45) is 5.92 Å². The number of halogens is 2. The zero-order chi connectivity index (χ0) is 21.8. The van der Waals surface area contributed by atoms with E-state index in [2.05, 4.69) is 5.32 Å². The first kappa shape index (κ1) is 21.8. The van der Waals surface area contributed by atoms with Gasteiger partial charge in [-0.05, 0) is 42.2 Å². The second-order valence-corrected chi connectivity index (χ2v) is 7.96. The Morgan fingerprint density at radius 3 is 2.57 bits per heavy atom. The number of fused-ring (bicyclic) bond motifs is 1. The number of amides is 1. The summed E-state index contributed by atoms with van der Waals surface area (Å²) < 4.78 is 15.8. The molecule has 0 radical (unpaired) electrons. The molecule has 0 unspecified atom stereocenters. The molecule has 0 saturated heterocycles. The van der Waals surface area contributed by atoms with E-state index < -0.39 is 17.4 Å². The summed E-state index contributed by atoms with van der Waals surface area (Å²) in [6.07, 6.45) is 0.672. The Balaban J connectivity index is 1.88. The highest BCUT2D eigenvalue weighted by molar-refractivity contribution is 6.30. The minimum atomic E-state index is -0.534. The topological polar surface area (TPSA) is 73.1 Å². The third-order valence-electron chi connectivity index (χ3n) is 4.84. The van der Waals surface area contributed by atoms with Crippen molar-refractivity contribution in [3.63, 3.8) is 0 Å². The van der Waals surface area contributed by atoms with Gasteiger partial charge in [-0.2, -0.15) is 0 Å². The fourth-order valence-corrected chi connectivity index (χ4v) is 3.36. The monoisotopic (exact) mass is 431 g/mol. The molecule has 0 aliphatic heterocycles. The molecule has 30 heavy (non-hydrogen) atoms. The molecule has 0 aliphatic carbocycles. The summed E-state index contributed by atoms with van der Waals surface area (Å²) in [5.74, 6) is -0.618. The van der Waals surface area contributed by atoms with Gasteiger partial charge < -0.3 is 5.32 Å². The fraction of sp³-hybridized carbons (Fsp3) is 0.318. The molecule has 0 saturated carbocycles. The average Bonchev–Trinajstić information content (AvgIpc) is 2.71. The zero-order valence-electron chi connectivity index (χ0n) is 16.8. The van der Waals surface area contributed by atoms with Gasteiger partial charge in [0.1, 0.15) is 12.4 Å². The van der Waals surface area contributed by atoms with Crippen molar-refractivity contribution in [3.8, 4) is 0 Å².